The number of ether oxygens (including phenoxy) is 1. The Morgan fingerprint density at radius 3 is 2.78 bits per heavy atom. The largest absolute Gasteiger partial charge is 0.386 e. The van der Waals surface area contributed by atoms with E-state index in [9.17, 15) is 14.7 Å². The highest BCUT2D eigenvalue weighted by Crippen LogP contribution is 2.26. The fourth-order valence-corrected chi connectivity index (χ4v) is 2.55. The number of carbonyl (C=O) groups excluding carboxylic acids is 2. The van der Waals surface area contributed by atoms with Gasteiger partial charge in [0.15, 0.2) is 0 Å². The molecule has 2 aliphatic heterocycles. The second kappa shape index (κ2) is 4.85. The molecule has 2 heterocycles. The highest BCUT2D eigenvalue weighted by atomic mass is 16.5. The Bertz CT molecular complexity index is 348. The molecule has 0 aromatic rings. The van der Waals surface area contributed by atoms with E-state index in [0.717, 1.165) is 0 Å². The predicted octanol–water partition coefficient (Wildman–Crippen LogP) is -0.925. The molecule has 1 N–H and O–H groups in total. The first kappa shape index (κ1) is 13.3. The van der Waals surface area contributed by atoms with Gasteiger partial charge < -0.3 is 19.6 Å². The van der Waals surface area contributed by atoms with Crippen molar-refractivity contribution in [2.24, 2.45) is 5.92 Å². The molecular weight excluding hydrogens is 236 g/mol. The number of nitrogens with zero attached hydrogens (tertiary/aromatic N) is 2. The van der Waals surface area contributed by atoms with Gasteiger partial charge in [0.2, 0.25) is 11.8 Å². The van der Waals surface area contributed by atoms with Gasteiger partial charge in [0.25, 0.3) is 0 Å². The highest BCUT2D eigenvalue weighted by molar-refractivity contribution is 5.89. The van der Waals surface area contributed by atoms with Crippen LogP contribution in [0.15, 0.2) is 0 Å². The maximum absolute atomic E-state index is 12.1. The van der Waals surface area contributed by atoms with Crippen molar-refractivity contribution in [3.63, 3.8) is 0 Å². The normalized spacial score (nSPS) is 26.4. The number of rotatable bonds is 4. The van der Waals surface area contributed by atoms with Crippen LogP contribution in [-0.4, -0.2) is 72.2 Å². The highest BCUT2D eigenvalue weighted by Gasteiger charge is 2.44. The lowest BCUT2D eigenvalue weighted by atomic mass is 9.94. The van der Waals surface area contributed by atoms with Gasteiger partial charge in [-0.05, 0) is 6.92 Å². The van der Waals surface area contributed by atoms with Crippen molar-refractivity contribution in [2.45, 2.75) is 18.9 Å². The Kier molecular flexibility index (Phi) is 3.59. The molecule has 2 rings (SSSR count). The summed E-state index contributed by atoms with van der Waals surface area (Å²) in [6.45, 7) is 3.95. The molecule has 2 saturated heterocycles. The summed E-state index contributed by atoms with van der Waals surface area (Å²) in [6.07, 6.45) is 0.279. The predicted molar refractivity (Wildman–Crippen MR) is 63.8 cm³/mol. The lowest BCUT2D eigenvalue weighted by Crippen LogP contribution is -2.62. The fraction of sp³-hybridized carbons (Fsp3) is 0.833. The zero-order valence-electron chi connectivity index (χ0n) is 10.9. The minimum atomic E-state index is -0.756. The summed E-state index contributed by atoms with van der Waals surface area (Å²) in [4.78, 5) is 27.1. The van der Waals surface area contributed by atoms with E-state index in [1.165, 1.54) is 0 Å². The summed E-state index contributed by atoms with van der Waals surface area (Å²) >= 11 is 0. The topological polar surface area (TPSA) is 70.1 Å². The van der Waals surface area contributed by atoms with E-state index in [1.54, 1.807) is 23.8 Å². The third kappa shape index (κ3) is 2.64. The molecule has 0 spiro atoms. The van der Waals surface area contributed by atoms with Crippen LogP contribution in [-0.2, 0) is 14.3 Å². The number of methoxy groups -OCH3 is 1. The molecule has 0 bridgehead atoms. The van der Waals surface area contributed by atoms with Gasteiger partial charge in [-0.1, -0.05) is 0 Å². The molecule has 2 amide bonds. The van der Waals surface area contributed by atoms with E-state index < -0.39 is 5.60 Å². The summed E-state index contributed by atoms with van der Waals surface area (Å²) in [7, 11) is 1.59. The molecule has 0 saturated carbocycles. The van der Waals surface area contributed by atoms with E-state index in [-0.39, 0.29) is 24.2 Å². The van der Waals surface area contributed by atoms with Crippen LogP contribution >= 0.6 is 0 Å². The molecule has 6 nitrogen and oxygen atoms in total. The Balaban J connectivity index is 1.84. The minimum Gasteiger partial charge on any atom is -0.386 e. The van der Waals surface area contributed by atoms with E-state index in [1.807, 2.05) is 0 Å². The Hall–Kier alpha value is -1.14. The van der Waals surface area contributed by atoms with Gasteiger partial charge in [0.05, 0.1) is 31.2 Å². The molecule has 2 aliphatic rings. The van der Waals surface area contributed by atoms with Crippen LogP contribution in [0.1, 0.15) is 13.3 Å². The minimum absolute atomic E-state index is 0.0117. The van der Waals surface area contributed by atoms with Crippen molar-refractivity contribution in [3.8, 4) is 0 Å². The Morgan fingerprint density at radius 2 is 2.22 bits per heavy atom. The second-order valence-corrected chi connectivity index (χ2v) is 5.42. The van der Waals surface area contributed by atoms with Crippen LogP contribution in [0, 0.1) is 5.92 Å². The zero-order valence-corrected chi connectivity index (χ0v) is 10.9. The molecule has 102 valence electrons. The maximum atomic E-state index is 12.1. The molecule has 1 unspecified atom stereocenters. The number of hydrogen-bond donors (Lipinski definition) is 1. The Labute approximate surface area is 106 Å². The standard InChI is InChI=1S/C12H20N2O4/c1-12(17)7-14(8-12)11(16)9-5-10(15)13(6-9)3-4-18-2/h9,17H,3-8H2,1-2H3. The smallest absolute Gasteiger partial charge is 0.228 e. The maximum Gasteiger partial charge on any atom is 0.228 e. The molecule has 0 aromatic heterocycles. The molecule has 2 fully saturated rings. The van der Waals surface area contributed by atoms with Gasteiger partial charge in [-0.25, -0.2) is 0 Å². The quantitative estimate of drug-likeness (QED) is 0.706. The first-order valence-electron chi connectivity index (χ1n) is 6.21. The van der Waals surface area contributed by atoms with Crippen molar-refractivity contribution in [2.75, 3.05) is 39.9 Å². The van der Waals surface area contributed by atoms with Crippen molar-refractivity contribution in [3.05, 3.63) is 0 Å². The summed E-state index contributed by atoms with van der Waals surface area (Å²) < 4.78 is 4.93. The van der Waals surface area contributed by atoms with Crippen LogP contribution < -0.4 is 0 Å². The second-order valence-electron chi connectivity index (χ2n) is 5.42. The molecule has 1 atom stereocenters. The lowest BCUT2D eigenvalue weighted by molar-refractivity contribution is -0.156. The average Bonchev–Trinajstić information content (AvgIpc) is 2.64. The van der Waals surface area contributed by atoms with Crippen molar-refractivity contribution in [1.82, 2.24) is 9.80 Å². The summed E-state index contributed by atoms with van der Waals surface area (Å²) in [5.41, 5.74) is -0.756. The van der Waals surface area contributed by atoms with Gasteiger partial charge in [-0.2, -0.15) is 0 Å². The van der Waals surface area contributed by atoms with Crippen molar-refractivity contribution in [1.29, 1.82) is 0 Å². The van der Waals surface area contributed by atoms with Gasteiger partial charge in [-0.3, -0.25) is 9.59 Å². The molecule has 6 heteroatoms. The molecule has 0 aromatic carbocycles. The molecule has 0 aliphatic carbocycles. The number of hydrogen-bond acceptors (Lipinski definition) is 4. The van der Waals surface area contributed by atoms with Gasteiger partial charge in [0.1, 0.15) is 0 Å². The number of carbonyl (C=O) groups is 2. The molecule has 0 radical (unpaired) electrons. The van der Waals surface area contributed by atoms with E-state index in [2.05, 4.69) is 0 Å². The average molecular weight is 256 g/mol. The van der Waals surface area contributed by atoms with E-state index in [4.69, 9.17) is 4.74 Å². The van der Waals surface area contributed by atoms with Gasteiger partial charge >= 0.3 is 0 Å². The number of amides is 2. The fourth-order valence-electron chi connectivity index (χ4n) is 2.55. The van der Waals surface area contributed by atoms with Crippen LogP contribution in [0.2, 0.25) is 0 Å². The van der Waals surface area contributed by atoms with Crippen LogP contribution in [0.5, 0.6) is 0 Å². The van der Waals surface area contributed by atoms with Crippen LogP contribution in [0.25, 0.3) is 0 Å². The Morgan fingerprint density at radius 1 is 1.56 bits per heavy atom. The van der Waals surface area contributed by atoms with Gasteiger partial charge in [-0.15, -0.1) is 0 Å². The van der Waals surface area contributed by atoms with Crippen molar-refractivity contribution < 1.29 is 19.4 Å². The number of aliphatic hydroxyl groups is 1. The lowest BCUT2D eigenvalue weighted by Gasteiger charge is -2.45. The number of likely N-dealkylation sites (tertiary alicyclic amines) is 2. The zero-order chi connectivity index (χ0) is 13.3. The number of β-amino-alcohol motifs (C(OH)–C–C–N with tert-alkyl or cyclic N) is 1. The monoisotopic (exact) mass is 256 g/mol. The third-order valence-corrected chi connectivity index (χ3v) is 3.50. The summed E-state index contributed by atoms with van der Waals surface area (Å²) in [6, 6.07) is 0. The summed E-state index contributed by atoms with van der Waals surface area (Å²) in [5, 5.41) is 9.61. The molecule has 18 heavy (non-hydrogen) atoms. The molecular formula is C12H20N2O4. The first-order chi connectivity index (χ1) is 8.43. The SMILES string of the molecule is COCCN1CC(C(=O)N2CC(C)(O)C2)CC1=O. The van der Waals surface area contributed by atoms with E-state index >= 15 is 0 Å². The first-order valence-corrected chi connectivity index (χ1v) is 6.21. The van der Waals surface area contributed by atoms with Gasteiger partial charge in [0, 0.05) is 26.6 Å². The van der Waals surface area contributed by atoms with Crippen LogP contribution in [0.4, 0.5) is 0 Å². The summed E-state index contributed by atoms with van der Waals surface area (Å²) in [5.74, 6) is -0.266. The van der Waals surface area contributed by atoms with Crippen molar-refractivity contribution >= 4 is 11.8 Å². The van der Waals surface area contributed by atoms with E-state index in [0.29, 0.717) is 32.8 Å². The third-order valence-electron chi connectivity index (χ3n) is 3.50. The van der Waals surface area contributed by atoms with Crippen LogP contribution in [0.3, 0.4) is 0 Å².